The van der Waals surface area contributed by atoms with E-state index in [0.29, 0.717) is 31.0 Å². The minimum atomic E-state index is -0.434. The van der Waals surface area contributed by atoms with E-state index < -0.39 is 5.79 Å². The summed E-state index contributed by atoms with van der Waals surface area (Å²) < 4.78 is 12.4. The summed E-state index contributed by atoms with van der Waals surface area (Å²) in [5.41, 5.74) is 0.136. The second-order valence-electron chi connectivity index (χ2n) is 11.3. The largest absolute Gasteiger partial charge is 0.393 e. The first kappa shape index (κ1) is 21.8. The number of hydrogen-bond donors (Lipinski definition) is 1. The molecule has 1 aliphatic heterocycles. The monoisotopic (exact) mass is 405 g/mol. The molecule has 0 radical (unpaired) electrons. The van der Waals surface area contributed by atoms with Crippen molar-refractivity contribution >= 4 is 0 Å². The lowest BCUT2D eigenvalue weighted by molar-refractivity contribution is -0.249. The molecule has 29 heavy (non-hydrogen) atoms. The van der Waals surface area contributed by atoms with Crippen LogP contribution >= 0.6 is 0 Å². The fraction of sp³-hybridized carbons (Fsp3) is 0.920. The van der Waals surface area contributed by atoms with Gasteiger partial charge >= 0.3 is 0 Å². The average Bonchev–Trinajstić information content (AvgIpc) is 3.25. The van der Waals surface area contributed by atoms with Gasteiger partial charge in [0.1, 0.15) is 0 Å². The highest BCUT2D eigenvalue weighted by molar-refractivity contribution is 5.13. The van der Waals surface area contributed by atoms with E-state index in [2.05, 4.69) is 51.9 Å². The Labute approximate surface area is 178 Å². The second kappa shape index (κ2) is 7.93. The first-order valence-electron chi connectivity index (χ1n) is 12.0. The van der Waals surface area contributed by atoms with Crippen LogP contribution in [0.15, 0.2) is 12.2 Å². The first-order valence-corrected chi connectivity index (χ1v) is 12.0. The number of ether oxygens (including phenoxy) is 2. The zero-order valence-corrected chi connectivity index (χ0v) is 19.3. The van der Waals surface area contributed by atoms with E-state index >= 15 is 0 Å². The van der Waals surface area contributed by atoms with Gasteiger partial charge in [-0.2, -0.15) is 0 Å². The van der Waals surface area contributed by atoms with Gasteiger partial charge in [0.05, 0.1) is 19.3 Å². The maximum absolute atomic E-state index is 11.7. The van der Waals surface area contributed by atoms with E-state index in [1.807, 2.05) is 0 Å². The summed E-state index contributed by atoms with van der Waals surface area (Å²) in [7, 11) is 4.25. The van der Waals surface area contributed by atoms with Crippen molar-refractivity contribution in [3.8, 4) is 0 Å². The van der Waals surface area contributed by atoms with Crippen molar-refractivity contribution in [2.45, 2.75) is 77.6 Å². The number of nitrogens with zero attached hydrogens (tertiary/aromatic N) is 1. The molecule has 0 aromatic rings. The van der Waals surface area contributed by atoms with E-state index in [1.54, 1.807) is 0 Å². The summed E-state index contributed by atoms with van der Waals surface area (Å²) in [5.74, 6) is 1.57. The van der Waals surface area contributed by atoms with Crippen molar-refractivity contribution < 1.29 is 14.6 Å². The number of aliphatic hydroxyl groups is 1. The van der Waals surface area contributed by atoms with Crippen LogP contribution in [0.25, 0.3) is 0 Å². The predicted molar refractivity (Wildman–Crippen MR) is 117 cm³/mol. The zero-order valence-electron chi connectivity index (χ0n) is 19.3. The summed E-state index contributed by atoms with van der Waals surface area (Å²) in [4.78, 5) is 2.22. The van der Waals surface area contributed by atoms with Gasteiger partial charge < -0.3 is 19.5 Å². The Morgan fingerprint density at radius 1 is 1.00 bits per heavy atom. The number of rotatable bonds is 4. The van der Waals surface area contributed by atoms with Gasteiger partial charge in [0.15, 0.2) is 5.79 Å². The van der Waals surface area contributed by atoms with Gasteiger partial charge in [-0.1, -0.05) is 39.3 Å². The van der Waals surface area contributed by atoms with Crippen LogP contribution < -0.4 is 0 Å². The average molecular weight is 406 g/mol. The lowest BCUT2D eigenvalue weighted by Gasteiger charge is -2.56. The van der Waals surface area contributed by atoms with Crippen LogP contribution in [-0.4, -0.2) is 55.8 Å². The molecular weight excluding hydrogens is 362 g/mol. The fourth-order valence-electron chi connectivity index (χ4n) is 7.47. The Bertz CT molecular complexity index is 613. The Balaban J connectivity index is 1.56. The Kier molecular flexibility index (Phi) is 5.96. The lowest BCUT2D eigenvalue weighted by atomic mass is 9.51. The van der Waals surface area contributed by atoms with Crippen LogP contribution in [0, 0.1) is 34.5 Å². The third kappa shape index (κ3) is 3.52. The van der Waals surface area contributed by atoms with Crippen molar-refractivity contribution in [1.82, 2.24) is 4.90 Å². The molecule has 4 rings (SSSR count). The second-order valence-corrected chi connectivity index (χ2v) is 11.3. The summed E-state index contributed by atoms with van der Waals surface area (Å²) in [6.07, 6.45) is 12.5. The number of aliphatic hydroxyl groups excluding tert-OH is 1. The minimum absolute atomic E-state index is 0.0476. The van der Waals surface area contributed by atoms with Crippen LogP contribution in [-0.2, 0) is 9.47 Å². The van der Waals surface area contributed by atoms with Gasteiger partial charge in [-0.3, -0.25) is 0 Å². The van der Waals surface area contributed by atoms with Gasteiger partial charge in [0, 0.05) is 18.4 Å². The highest BCUT2D eigenvalue weighted by Crippen LogP contribution is 2.65. The molecule has 1 saturated heterocycles. The van der Waals surface area contributed by atoms with Gasteiger partial charge in [0.25, 0.3) is 0 Å². The molecule has 0 amide bonds. The Morgan fingerprint density at radius 2 is 1.69 bits per heavy atom. The van der Waals surface area contributed by atoms with E-state index in [-0.39, 0.29) is 16.9 Å². The zero-order chi connectivity index (χ0) is 20.9. The van der Waals surface area contributed by atoms with Crippen LogP contribution in [0.1, 0.15) is 65.7 Å². The molecule has 1 heterocycles. The third-order valence-electron chi connectivity index (χ3n) is 9.39. The van der Waals surface area contributed by atoms with E-state index in [9.17, 15) is 5.11 Å². The first-order chi connectivity index (χ1) is 13.7. The normalized spacial score (nSPS) is 47.3. The van der Waals surface area contributed by atoms with Crippen molar-refractivity contribution in [3.05, 3.63) is 12.2 Å². The quantitative estimate of drug-likeness (QED) is 0.701. The molecule has 0 aromatic carbocycles. The molecule has 4 fully saturated rings. The topological polar surface area (TPSA) is 41.9 Å². The lowest BCUT2D eigenvalue weighted by Crippen LogP contribution is -2.56. The molecule has 1 N–H and O–H groups in total. The Hall–Kier alpha value is -0.420. The Morgan fingerprint density at radius 3 is 2.38 bits per heavy atom. The van der Waals surface area contributed by atoms with Crippen molar-refractivity contribution in [3.63, 3.8) is 0 Å². The maximum atomic E-state index is 11.7. The van der Waals surface area contributed by atoms with Crippen LogP contribution in [0.3, 0.4) is 0 Å². The minimum Gasteiger partial charge on any atom is -0.393 e. The molecule has 2 unspecified atom stereocenters. The fourth-order valence-corrected chi connectivity index (χ4v) is 7.47. The molecule has 4 heteroatoms. The molecule has 3 saturated carbocycles. The highest BCUT2D eigenvalue weighted by Gasteiger charge is 2.66. The van der Waals surface area contributed by atoms with Crippen molar-refractivity contribution in [2.75, 3.05) is 33.9 Å². The summed E-state index contributed by atoms with van der Waals surface area (Å²) in [6.45, 7) is 9.61. The molecule has 4 nitrogen and oxygen atoms in total. The molecular formula is C25H43NO3. The van der Waals surface area contributed by atoms with Gasteiger partial charge in [-0.15, -0.1) is 0 Å². The number of fused-ring (bicyclic) bond motifs is 2. The van der Waals surface area contributed by atoms with Crippen LogP contribution in [0.2, 0.25) is 0 Å². The number of allylic oxidation sites excluding steroid dienone is 1. The maximum Gasteiger partial charge on any atom is 0.174 e. The van der Waals surface area contributed by atoms with Crippen molar-refractivity contribution in [1.29, 1.82) is 0 Å². The third-order valence-corrected chi connectivity index (χ3v) is 9.39. The standard InChI is InChI=1S/C25H43NO3/c1-18-8-11-23(2,19(17-18)7-6-14-26(4)5)20-9-12-24(3)21(22(20)27)10-13-25(24)28-15-16-29-25/h6-7,18-22,27H,8-17H2,1-5H3/b7-6-/t18-,19-,20?,21?,22+,23-,24-/m0/s1. The predicted octanol–water partition coefficient (Wildman–Crippen LogP) is 4.48. The molecule has 1 spiro atoms. The molecule has 166 valence electrons. The van der Waals surface area contributed by atoms with Gasteiger partial charge in [-0.05, 0) is 75.3 Å². The highest BCUT2D eigenvalue weighted by atomic mass is 16.7. The summed E-state index contributed by atoms with van der Waals surface area (Å²) in [6, 6.07) is 0. The van der Waals surface area contributed by atoms with Gasteiger partial charge in [0.2, 0.25) is 0 Å². The van der Waals surface area contributed by atoms with E-state index in [1.165, 1.54) is 19.3 Å². The van der Waals surface area contributed by atoms with E-state index in [4.69, 9.17) is 9.47 Å². The summed E-state index contributed by atoms with van der Waals surface area (Å²) >= 11 is 0. The van der Waals surface area contributed by atoms with E-state index in [0.717, 1.165) is 38.1 Å². The molecule has 4 aliphatic rings. The molecule has 3 aliphatic carbocycles. The molecule has 0 aromatic heterocycles. The number of hydrogen-bond acceptors (Lipinski definition) is 4. The summed E-state index contributed by atoms with van der Waals surface area (Å²) in [5, 5.41) is 11.7. The van der Waals surface area contributed by atoms with Crippen LogP contribution in [0.5, 0.6) is 0 Å². The SMILES string of the molecule is C[C@H]1CC[C@](C)(C2CC[C@@]3(C)C(CCC34OCCO4)[C@@H]2O)[C@@H](/C=C\CN(C)C)C1. The molecule has 7 atom stereocenters. The van der Waals surface area contributed by atoms with Crippen molar-refractivity contribution in [2.24, 2.45) is 34.5 Å². The molecule has 0 bridgehead atoms. The van der Waals surface area contributed by atoms with Gasteiger partial charge in [-0.25, -0.2) is 0 Å². The number of likely N-dealkylation sites (N-methyl/N-ethyl adjacent to an activating group) is 1. The van der Waals surface area contributed by atoms with Crippen LogP contribution in [0.4, 0.5) is 0 Å². The smallest absolute Gasteiger partial charge is 0.174 e.